The largest absolute Gasteiger partial charge is 0.465 e. The molecule has 0 saturated carbocycles. The van der Waals surface area contributed by atoms with E-state index in [0.29, 0.717) is 17.0 Å². The molecule has 5 heteroatoms. The van der Waals surface area contributed by atoms with Crippen molar-refractivity contribution >= 4 is 11.7 Å². The van der Waals surface area contributed by atoms with Crippen LogP contribution in [0.15, 0.2) is 18.2 Å². The predicted octanol–water partition coefficient (Wildman–Crippen LogP) is 1.96. The van der Waals surface area contributed by atoms with Crippen molar-refractivity contribution in [1.82, 2.24) is 5.32 Å². The van der Waals surface area contributed by atoms with Crippen LogP contribution in [-0.2, 0) is 9.47 Å². The highest BCUT2D eigenvalue weighted by Gasteiger charge is 2.42. The van der Waals surface area contributed by atoms with Crippen LogP contribution in [0.1, 0.15) is 34.8 Å². The van der Waals surface area contributed by atoms with E-state index in [1.807, 2.05) is 25.2 Å². The Labute approximate surface area is 125 Å². The number of carbonyl (C=O) groups is 1. The highest BCUT2D eigenvalue weighted by Crippen LogP contribution is 2.43. The van der Waals surface area contributed by atoms with Crippen LogP contribution in [0.4, 0.5) is 5.69 Å². The van der Waals surface area contributed by atoms with Crippen molar-refractivity contribution in [3.63, 3.8) is 0 Å². The van der Waals surface area contributed by atoms with Gasteiger partial charge in [-0.05, 0) is 37.1 Å². The molecular formula is C16H22N2O3. The smallest absolute Gasteiger partial charge is 0.339 e. The zero-order valence-electron chi connectivity index (χ0n) is 12.6. The molecule has 1 spiro atoms. The summed E-state index contributed by atoms with van der Waals surface area (Å²) in [6.07, 6.45) is 2.27. The van der Waals surface area contributed by atoms with E-state index in [0.717, 1.165) is 31.9 Å². The summed E-state index contributed by atoms with van der Waals surface area (Å²) in [6, 6.07) is 6.22. The van der Waals surface area contributed by atoms with Gasteiger partial charge in [0.25, 0.3) is 0 Å². The summed E-state index contributed by atoms with van der Waals surface area (Å²) >= 11 is 0. The molecule has 1 atom stereocenters. The molecule has 0 aromatic heterocycles. The fraction of sp³-hybridized carbons (Fsp3) is 0.562. The minimum atomic E-state index is -0.314. The Morgan fingerprint density at radius 3 is 2.90 bits per heavy atom. The van der Waals surface area contributed by atoms with Crippen molar-refractivity contribution in [3.05, 3.63) is 29.3 Å². The second kappa shape index (κ2) is 5.66. The van der Waals surface area contributed by atoms with Gasteiger partial charge in [0.1, 0.15) is 0 Å². The minimum absolute atomic E-state index is 0.314. The lowest BCUT2D eigenvalue weighted by molar-refractivity contribution is -0.134. The first-order valence-electron chi connectivity index (χ1n) is 7.39. The molecule has 5 nitrogen and oxygen atoms in total. The third-order valence-electron chi connectivity index (χ3n) is 4.62. The van der Waals surface area contributed by atoms with E-state index in [9.17, 15) is 4.79 Å². The molecule has 2 aliphatic rings. The van der Waals surface area contributed by atoms with Gasteiger partial charge >= 0.3 is 5.97 Å². The van der Waals surface area contributed by atoms with Crippen LogP contribution in [-0.4, -0.2) is 39.9 Å². The standard InChI is InChI=1S/C16H22N2O3/c1-17-13-7-11(3-4-12(13)15(19)20-2)14-8-16(5-6-18-14)9-21-10-16/h3-4,7,14,17-18H,5-6,8-10H2,1-2H3. The average Bonchev–Trinajstić information content (AvgIpc) is 2.52. The molecular weight excluding hydrogens is 268 g/mol. The van der Waals surface area contributed by atoms with Gasteiger partial charge in [-0.2, -0.15) is 0 Å². The molecule has 2 heterocycles. The average molecular weight is 290 g/mol. The molecule has 0 amide bonds. The minimum Gasteiger partial charge on any atom is -0.465 e. The van der Waals surface area contributed by atoms with Crippen LogP contribution in [0.25, 0.3) is 0 Å². The summed E-state index contributed by atoms with van der Waals surface area (Å²) in [7, 11) is 3.22. The van der Waals surface area contributed by atoms with E-state index in [4.69, 9.17) is 9.47 Å². The third kappa shape index (κ3) is 2.63. The molecule has 114 valence electrons. The van der Waals surface area contributed by atoms with Gasteiger partial charge < -0.3 is 20.1 Å². The second-order valence-electron chi connectivity index (χ2n) is 6.00. The molecule has 1 aromatic rings. The summed E-state index contributed by atoms with van der Waals surface area (Å²) in [6.45, 7) is 2.77. The van der Waals surface area contributed by atoms with Crippen LogP contribution in [0.2, 0.25) is 0 Å². The highest BCUT2D eigenvalue weighted by molar-refractivity contribution is 5.95. The summed E-state index contributed by atoms with van der Waals surface area (Å²) in [5, 5.41) is 6.66. The predicted molar refractivity (Wildman–Crippen MR) is 80.6 cm³/mol. The Balaban J connectivity index is 1.83. The lowest BCUT2D eigenvalue weighted by Gasteiger charge is -2.47. The van der Waals surface area contributed by atoms with E-state index in [1.54, 1.807) is 0 Å². The monoisotopic (exact) mass is 290 g/mol. The first kappa shape index (κ1) is 14.4. The maximum Gasteiger partial charge on any atom is 0.339 e. The Morgan fingerprint density at radius 2 is 2.29 bits per heavy atom. The Morgan fingerprint density at radius 1 is 1.48 bits per heavy atom. The Hall–Kier alpha value is -1.59. The Bertz CT molecular complexity index is 540. The second-order valence-corrected chi connectivity index (χ2v) is 6.00. The van der Waals surface area contributed by atoms with Gasteiger partial charge in [0.2, 0.25) is 0 Å². The number of carbonyl (C=O) groups excluding carboxylic acids is 1. The van der Waals surface area contributed by atoms with Gasteiger partial charge in [-0.15, -0.1) is 0 Å². The molecule has 2 fully saturated rings. The van der Waals surface area contributed by atoms with E-state index in [2.05, 4.69) is 10.6 Å². The van der Waals surface area contributed by atoms with Gasteiger partial charge in [0, 0.05) is 24.2 Å². The normalized spacial score (nSPS) is 23.4. The highest BCUT2D eigenvalue weighted by atomic mass is 16.5. The number of esters is 1. The topological polar surface area (TPSA) is 59.6 Å². The van der Waals surface area contributed by atoms with Crippen LogP contribution < -0.4 is 10.6 Å². The fourth-order valence-corrected chi connectivity index (χ4v) is 3.28. The maximum atomic E-state index is 11.7. The van der Waals surface area contributed by atoms with Crippen molar-refractivity contribution in [2.45, 2.75) is 18.9 Å². The quantitative estimate of drug-likeness (QED) is 0.833. The number of rotatable bonds is 3. The summed E-state index contributed by atoms with van der Waals surface area (Å²) in [5.41, 5.74) is 2.95. The molecule has 1 aromatic carbocycles. The number of nitrogens with one attached hydrogen (secondary N) is 2. The van der Waals surface area contributed by atoms with E-state index in [1.165, 1.54) is 19.1 Å². The molecule has 0 radical (unpaired) electrons. The van der Waals surface area contributed by atoms with Crippen molar-refractivity contribution in [2.24, 2.45) is 5.41 Å². The number of ether oxygens (including phenoxy) is 2. The summed E-state index contributed by atoms with van der Waals surface area (Å²) < 4.78 is 10.2. The summed E-state index contributed by atoms with van der Waals surface area (Å²) in [5.74, 6) is -0.314. The maximum absolute atomic E-state index is 11.7. The van der Waals surface area contributed by atoms with Crippen molar-refractivity contribution in [2.75, 3.05) is 39.2 Å². The zero-order chi connectivity index (χ0) is 14.9. The van der Waals surface area contributed by atoms with Crippen LogP contribution in [0, 0.1) is 5.41 Å². The third-order valence-corrected chi connectivity index (χ3v) is 4.62. The van der Waals surface area contributed by atoms with Gasteiger partial charge in [0.05, 0.1) is 25.9 Å². The number of benzene rings is 1. The molecule has 0 aliphatic carbocycles. The van der Waals surface area contributed by atoms with Gasteiger partial charge in [-0.3, -0.25) is 0 Å². The molecule has 2 aliphatic heterocycles. The Kier molecular flexibility index (Phi) is 3.87. The van der Waals surface area contributed by atoms with Gasteiger partial charge in [-0.1, -0.05) is 6.07 Å². The first-order valence-corrected chi connectivity index (χ1v) is 7.39. The van der Waals surface area contributed by atoms with Crippen LogP contribution >= 0.6 is 0 Å². The van der Waals surface area contributed by atoms with E-state index in [-0.39, 0.29) is 5.97 Å². The van der Waals surface area contributed by atoms with E-state index < -0.39 is 0 Å². The van der Waals surface area contributed by atoms with Crippen molar-refractivity contribution in [3.8, 4) is 0 Å². The molecule has 0 bridgehead atoms. The molecule has 21 heavy (non-hydrogen) atoms. The first-order chi connectivity index (χ1) is 10.2. The van der Waals surface area contributed by atoms with Crippen LogP contribution in [0.5, 0.6) is 0 Å². The number of anilines is 1. The number of hydrogen-bond acceptors (Lipinski definition) is 5. The number of hydrogen-bond donors (Lipinski definition) is 2. The van der Waals surface area contributed by atoms with Crippen LogP contribution in [0.3, 0.4) is 0 Å². The number of methoxy groups -OCH3 is 1. The fourth-order valence-electron chi connectivity index (χ4n) is 3.28. The molecule has 2 N–H and O–H groups in total. The van der Waals surface area contributed by atoms with E-state index >= 15 is 0 Å². The SMILES string of the molecule is CNc1cc(C2CC3(CCN2)COC3)ccc1C(=O)OC. The van der Waals surface area contributed by atoms with Gasteiger partial charge in [0.15, 0.2) is 0 Å². The molecule has 3 rings (SSSR count). The number of piperidine rings is 1. The lowest BCUT2D eigenvalue weighted by Crippen LogP contribution is -2.50. The lowest BCUT2D eigenvalue weighted by atomic mass is 9.73. The van der Waals surface area contributed by atoms with Crippen molar-refractivity contribution in [1.29, 1.82) is 0 Å². The van der Waals surface area contributed by atoms with Crippen molar-refractivity contribution < 1.29 is 14.3 Å². The summed E-state index contributed by atoms with van der Waals surface area (Å²) in [4.78, 5) is 11.7. The van der Waals surface area contributed by atoms with Gasteiger partial charge in [-0.25, -0.2) is 4.79 Å². The molecule has 1 unspecified atom stereocenters. The molecule has 2 saturated heterocycles. The zero-order valence-corrected chi connectivity index (χ0v) is 12.6.